The van der Waals surface area contributed by atoms with Crippen LogP contribution < -0.4 is 5.73 Å². The second-order valence-corrected chi connectivity index (χ2v) is 5.47. The van der Waals surface area contributed by atoms with Crippen LogP contribution in [-0.2, 0) is 6.42 Å². The molecule has 0 radical (unpaired) electrons. The lowest BCUT2D eigenvalue weighted by Gasteiger charge is -2.12. The van der Waals surface area contributed by atoms with E-state index in [1.807, 2.05) is 16.7 Å². The van der Waals surface area contributed by atoms with E-state index in [4.69, 9.17) is 28.9 Å². The molecule has 0 amide bonds. The van der Waals surface area contributed by atoms with Gasteiger partial charge in [0, 0.05) is 18.0 Å². The lowest BCUT2D eigenvalue weighted by Crippen LogP contribution is -2.08. The summed E-state index contributed by atoms with van der Waals surface area (Å²) in [6.45, 7) is 6.23. The normalized spacial score (nSPS) is 11.3. The van der Waals surface area contributed by atoms with Crippen molar-refractivity contribution < 1.29 is 0 Å². The minimum atomic E-state index is 0.258. The van der Waals surface area contributed by atoms with Gasteiger partial charge in [0.15, 0.2) is 0 Å². The average Bonchev–Trinajstić information content (AvgIpc) is 2.70. The molecule has 2 N–H and O–H groups in total. The van der Waals surface area contributed by atoms with Crippen molar-refractivity contribution in [2.75, 3.05) is 5.73 Å². The number of aryl methyl sites for hydroxylation is 1. The Morgan fingerprint density at radius 1 is 1.32 bits per heavy atom. The third-order valence-corrected chi connectivity index (χ3v) is 3.88. The van der Waals surface area contributed by atoms with Gasteiger partial charge in [-0.05, 0) is 19.9 Å². The van der Waals surface area contributed by atoms with Crippen molar-refractivity contribution in [1.82, 2.24) is 9.55 Å². The number of rotatable bonds is 3. The van der Waals surface area contributed by atoms with Gasteiger partial charge in [0.25, 0.3) is 0 Å². The number of aromatic nitrogens is 2. The fourth-order valence-electron chi connectivity index (χ4n) is 2.20. The highest BCUT2D eigenvalue weighted by Crippen LogP contribution is 2.37. The summed E-state index contributed by atoms with van der Waals surface area (Å²) < 4.78 is 2.03. The number of nitrogen functional groups attached to an aromatic ring is 1. The summed E-state index contributed by atoms with van der Waals surface area (Å²) in [4.78, 5) is 4.62. The molecule has 0 saturated heterocycles. The minimum Gasteiger partial charge on any atom is -0.383 e. The molecule has 0 aliphatic heterocycles. The zero-order chi connectivity index (χ0) is 14.2. The Kier molecular flexibility index (Phi) is 4.07. The summed E-state index contributed by atoms with van der Waals surface area (Å²) in [6, 6.07) is 5.75. The number of halogens is 2. The third-order valence-electron chi connectivity index (χ3n) is 3.06. The molecule has 0 saturated carbocycles. The van der Waals surface area contributed by atoms with E-state index < -0.39 is 0 Å². The average molecular weight is 298 g/mol. The van der Waals surface area contributed by atoms with Crippen molar-refractivity contribution in [3.63, 3.8) is 0 Å². The number of nitrogens with zero attached hydrogens (tertiary/aromatic N) is 2. The topological polar surface area (TPSA) is 43.8 Å². The van der Waals surface area contributed by atoms with Crippen LogP contribution in [0, 0.1) is 0 Å². The van der Waals surface area contributed by atoms with E-state index in [-0.39, 0.29) is 6.04 Å². The maximum Gasteiger partial charge on any atom is 0.132 e. The summed E-state index contributed by atoms with van der Waals surface area (Å²) >= 11 is 12.3. The van der Waals surface area contributed by atoms with Gasteiger partial charge in [0.1, 0.15) is 17.3 Å². The summed E-state index contributed by atoms with van der Waals surface area (Å²) in [5.74, 6) is 1.59. The number of anilines is 1. The molecule has 1 heterocycles. The van der Waals surface area contributed by atoms with Crippen LogP contribution in [0.3, 0.4) is 0 Å². The second-order valence-electron chi connectivity index (χ2n) is 4.68. The Labute approximate surface area is 123 Å². The van der Waals surface area contributed by atoms with Gasteiger partial charge < -0.3 is 10.3 Å². The summed E-state index contributed by atoms with van der Waals surface area (Å²) in [5, 5.41) is 1.00. The Balaban J connectivity index is 2.67. The molecule has 0 unspecified atom stereocenters. The zero-order valence-electron chi connectivity index (χ0n) is 11.2. The molecule has 2 rings (SSSR count). The van der Waals surface area contributed by atoms with Crippen LogP contribution >= 0.6 is 23.2 Å². The maximum atomic E-state index is 6.25. The first kappa shape index (κ1) is 14.2. The lowest BCUT2D eigenvalue weighted by atomic mass is 10.1. The van der Waals surface area contributed by atoms with E-state index in [1.165, 1.54) is 0 Å². The molecule has 2 aromatic rings. The van der Waals surface area contributed by atoms with Gasteiger partial charge in [-0.3, -0.25) is 0 Å². The Bertz CT molecular complexity index is 603. The molecule has 5 heteroatoms. The molecule has 0 bridgehead atoms. The summed E-state index contributed by atoms with van der Waals surface area (Å²) in [7, 11) is 0. The van der Waals surface area contributed by atoms with Crippen LogP contribution in [0.25, 0.3) is 11.3 Å². The van der Waals surface area contributed by atoms with Gasteiger partial charge in [0.2, 0.25) is 0 Å². The van der Waals surface area contributed by atoms with Gasteiger partial charge in [0.05, 0.1) is 10.0 Å². The van der Waals surface area contributed by atoms with Crippen LogP contribution in [-0.4, -0.2) is 9.55 Å². The highest BCUT2D eigenvalue weighted by atomic mass is 35.5. The van der Waals surface area contributed by atoms with Crippen molar-refractivity contribution in [3.05, 3.63) is 34.1 Å². The fourth-order valence-corrected chi connectivity index (χ4v) is 2.59. The standard InChI is InChI=1S/C14H17Cl2N3/c1-4-11-18-13(14(17)19(11)8(2)3)9-6-5-7-10(15)12(9)16/h5-8H,4,17H2,1-3H3. The molecule has 1 aromatic carbocycles. The van der Waals surface area contributed by atoms with E-state index in [0.717, 1.165) is 17.8 Å². The van der Waals surface area contributed by atoms with Gasteiger partial charge in [-0.1, -0.05) is 42.3 Å². The van der Waals surface area contributed by atoms with Crippen LogP contribution in [0.15, 0.2) is 18.2 Å². The van der Waals surface area contributed by atoms with Crippen molar-refractivity contribution in [3.8, 4) is 11.3 Å². The molecule has 0 aliphatic carbocycles. The Morgan fingerprint density at radius 2 is 2.00 bits per heavy atom. The van der Waals surface area contributed by atoms with Crippen molar-refractivity contribution in [2.45, 2.75) is 33.2 Å². The van der Waals surface area contributed by atoms with Crippen LogP contribution in [0.1, 0.15) is 32.6 Å². The molecular formula is C14H17Cl2N3. The largest absolute Gasteiger partial charge is 0.383 e. The first-order valence-corrected chi connectivity index (χ1v) is 7.03. The lowest BCUT2D eigenvalue weighted by molar-refractivity contribution is 0.579. The number of hydrogen-bond donors (Lipinski definition) is 1. The van der Waals surface area contributed by atoms with Crippen LogP contribution in [0.2, 0.25) is 10.0 Å². The number of hydrogen-bond acceptors (Lipinski definition) is 2. The molecular weight excluding hydrogens is 281 g/mol. The molecule has 0 fully saturated rings. The van der Waals surface area contributed by atoms with E-state index in [9.17, 15) is 0 Å². The molecule has 102 valence electrons. The number of imidazole rings is 1. The van der Waals surface area contributed by atoms with E-state index in [2.05, 4.69) is 25.8 Å². The smallest absolute Gasteiger partial charge is 0.132 e. The third kappa shape index (κ3) is 2.45. The van der Waals surface area contributed by atoms with Crippen LogP contribution in [0.5, 0.6) is 0 Å². The summed E-state index contributed by atoms with van der Waals surface area (Å²) in [5.41, 5.74) is 7.72. The molecule has 0 atom stereocenters. The van der Waals surface area contributed by atoms with Crippen LogP contribution in [0.4, 0.5) is 5.82 Å². The van der Waals surface area contributed by atoms with Gasteiger partial charge in [-0.15, -0.1) is 0 Å². The highest BCUT2D eigenvalue weighted by molar-refractivity contribution is 6.43. The SMILES string of the molecule is CCc1nc(-c2cccc(Cl)c2Cl)c(N)n1C(C)C. The Hall–Kier alpha value is -1.19. The second kappa shape index (κ2) is 5.43. The molecule has 0 aliphatic rings. The van der Waals surface area contributed by atoms with Gasteiger partial charge >= 0.3 is 0 Å². The van der Waals surface area contributed by atoms with Crippen molar-refractivity contribution in [1.29, 1.82) is 0 Å². The monoisotopic (exact) mass is 297 g/mol. The van der Waals surface area contributed by atoms with Crippen molar-refractivity contribution in [2.24, 2.45) is 0 Å². The van der Waals surface area contributed by atoms with Gasteiger partial charge in [-0.25, -0.2) is 4.98 Å². The van der Waals surface area contributed by atoms with E-state index in [0.29, 0.717) is 21.6 Å². The van der Waals surface area contributed by atoms with Crippen molar-refractivity contribution >= 4 is 29.0 Å². The van der Waals surface area contributed by atoms with E-state index in [1.54, 1.807) is 6.07 Å². The predicted octanol–water partition coefficient (Wildman–Crippen LogP) is 4.58. The zero-order valence-corrected chi connectivity index (χ0v) is 12.8. The maximum absolute atomic E-state index is 6.25. The summed E-state index contributed by atoms with van der Waals surface area (Å²) in [6.07, 6.45) is 0.820. The fraction of sp³-hybridized carbons (Fsp3) is 0.357. The molecule has 19 heavy (non-hydrogen) atoms. The molecule has 0 spiro atoms. The molecule has 1 aromatic heterocycles. The first-order valence-electron chi connectivity index (χ1n) is 6.28. The minimum absolute atomic E-state index is 0.258. The Morgan fingerprint density at radius 3 is 2.53 bits per heavy atom. The predicted molar refractivity (Wildman–Crippen MR) is 81.9 cm³/mol. The van der Waals surface area contributed by atoms with Gasteiger partial charge in [-0.2, -0.15) is 0 Å². The van der Waals surface area contributed by atoms with E-state index >= 15 is 0 Å². The highest BCUT2D eigenvalue weighted by Gasteiger charge is 2.19. The molecule has 3 nitrogen and oxygen atoms in total. The number of benzene rings is 1. The quantitative estimate of drug-likeness (QED) is 0.901. The first-order chi connectivity index (χ1) is 8.97. The number of nitrogens with two attached hydrogens (primary N) is 1.